The van der Waals surface area contributed by atoms with Crippen LogP contribution in [0.2, 0.25) is 0 Å². The molecular weight excluding hydrogens is 294 g/mol. The van der Waals surface area contributed by atoms with Gasteiger partial charge in [-0.3, -0.25) is 9.59 Å². The van der Waals surface area contributed by atoms with Crippen molar-refractivity contribution in [3.63, 3.8) is 0 Å². The molecule has 0 saturated heterocycles. The number of aryl methyl sites for hydroxylation is 1. The summed E-state index contributed by atoms with van der Waals surface area (Å²) in [5, 5.41) is 6.39. The van der Waals surface area contributed by atoms with Crippen LogP contribution >= 0.6 is 0 Å². The molecule has 1 N–H and O–H groups in total. The Labute approximate surface area is 138 Å². The highest BCUT2D eigenvalue weighted by Gasteiger charge is 2.17. The highest BCUT2D eigenvalue weighted by molar-refractivity contribution is 5.93. The molecule has 0 unspecified atom stereocenters. The van der Waals surface area contributed by atoms with E-state index in [2.05, 4.69) is 24.3 Å². The van der Waals surface area contributed by atoms with Crippen LogP contribution in [0.25, 0.3) is 0 Å². The van der Waals surface area contributed by atoms with E-state index in [1.165, 1.54) is 0 Å². The van der Waals surface area contributed by atoms with Gasteiger partial charge in [-0.25, -0.2) is 0 Å². The van der Waals surface area contributed by atoms with E-state index in [4.69, 9.17) is 4.52 Å². The van der Waals surface area contributed by atoms with E-state index in [9.17, 15) is 9.59 Å². The normalized spacial score (nSPS) is 10.6. The van der Waals surface area contributed by atoms with Crippen LogP contribution in [0, 0.1) is 6.92 Å². The summed E-state index contributed by atoms with van der Waals surface area (Å²) in [5.41, 5.74) is 0. The minimum absolute atomic E-state index is 0.0565. The number of unbranched alkanes of at least 4 members (excludes halogenated alkanes) is 4. The van der Waals surface area contributed by atoms with Crippen molar-refractivity contribution in [1.29, 1.82) is 0 Å². The Morgan fingerprint density at radius 3 is 2.52 bits per heavy atom. The third-order valence-electron chi connectivity index (χ3n) is 3.61. The molecule has 6 nitrogen and oxygen atoms in total. The van der Waals surface area contributed by atoms with Gasteiger partial charge in [0, 0.05) is 19.0 Å². The number of hydrogen-bond donors (Lipinski definition) is 1. The quantitative estimate of drug-likeness (QED) is 0.632. The number of rotatable bonds is 11. The average molecular weight is 323 g/mol. The van der Waals surface area contributed by atoms with Gasteiger partial charge < -0.3 is 14.7 Å². The molecule has 0 aliphatic carbocycles. The van der Waals surface area contributed by atoms with Crippen molar-refractivity contribution in [2.45, 2.75) is 65.7 Å². The summed E-state index contributed by atoms with van der Waals surface area (Å²) in [6.45, 7) is 6.66. The maximum atomic E-state index is 12.3. The number of carbonyl (C=O) groups excluding carboxylic acids is 2. The Morgan fingerprint density at radius 2 is 1.91 bits per heavy atom. The molecule has 1 aromatic heterocycles. The highest BCUT2D eigenvalue weighted by Crippen LogP contribution is 2.09. The third kappa shape index (κ3) is 7.81. The second-order valence-corrected chi connectivity index (χ2v) is 5.85. The predicted molar refractivity (Wildman–Crippen MR) is 90.1 cm³/mol. The number of hydrogen-bond acceptors (Lipinski definition) is 4. The molecule has 0 fully saturated rings. The first kappa shape index (κ1) is 19.2. The zero-order chi connectivity index (χ0) is 17.1. The minimum atomic E-state index is -0.240. The van der Waals surface area contributed by atoms with Gasteiger partial charge >= 0.3 is 0 Å². The van der Waals surface area contributed by atoms with Gasteiger partial charge in [-0.15, -0.1) is 0 Å². The van der Waals surface area contributed by atoms with Crippen LogP contribution in [0.5, 0.6) is 0 Å². The number of nitrogens with one attached hydrogen (secondary N) is 1. The van der Waals surface area contributed by atoms with Crippen molar-refractivity contribution in [3.05, 3.63) is 11.8 Å². The van der Waals surface area contributed by atoms with Crippen LogP contribution < -0.4 is 5.32 Å². The van der Waals surface area contributed by atoms with Gasteiger partial charge in [-0.1, -0.05) is 44.7 Å². The summed E-state index contributed by atoms with van der Waals surface area (Å²) in [5.74, 6) is 0.839. The molecule has 130 valence electrons. The predicted octanol–water partition coefficient (Wildman–Crippen LogP) is 3.52. The largest absolute Gasteiger partial charge is 0.360 e. The zero-order valence-electron chi connectivity index (χ0n) is 14.6. The van der Waals surface area contributed by atoms with E-state index in [0.717, 1.165) is 38.5 Å². The fraction of sp³-hybridized carbons (Fsp3) is 0.706. The van der Waals surface area contributed by atoms with Crippen molar-refractivity contribution < 1.29 is 14.1 Å². The molecule has 1 aromatic rings. The molecule has 0 aromatic carbocycles. The van der Waals surface area contributed by atoms with E-state index >= 15 is 0 Å². The van der Waals surface area contributed by atoms with Gasteiger partial charge in [0.25, 0.3) is 0 Å². The molecular formula is C17H29N3O3. The lowest BCUT2D eigenvalue weighted by Crippen LogP contribution is -2.38. The molecule has 0 atom stereocenters. The molecule has 0 saturated carbocycles. The molecule has 2 amide bonds. The van der Waals surface area contributed by atoms with Gasteiger partial charge in [0.05, 0.1) is 6.54 Å². The van der Waals surface area contributed by atoms with Gasteiger partial charge in [-0.2, -0.15) is 0 Å². The summed E-state index contributed by atoms with van der Waals surface area (Å²) < 4.78 is 4.91. The molecule has 0 aliphatic heterocycles. The summed E-state index contributed by atoms with van der Waals surface area (Å²) in [6, 6.07) is 1.65. The van der Waals surface area contributed by atoms with E-state index in [0.29, 0.717) is 24.5 Å². The number of amides is 2. The first-order chi connectivity index (χ1) is 11.1. The van der Waals surface area contributed by atoms with Gasteiger partial charge in [0.2, 0.25) is 11.8 Å². The van der Waals surface area contributed by atoms with E-state index in [-0.39, 0.29) is 18.4 Å². The summed E-state index contributed by atoms with van der Waals surface area (Å²) in [6.07, 6.45) is 6.65. The molecule has 1 heterocycles. The molecule has 0 aliphatic rings. The molecule has 0 bridgehead atoms. The minimum Gasteiger partial charge on any atom is -0.360 e. The summed E-state index contributed by atoms with van der Waals surface area (Å²) in [7, 11) is 0. The second kappa shape index (κ2) is 10.8. The maximum Gasteiger partial charge on any atom is 0.245 e. The fourth-order valence-electron chi connectivity index (χ4n) is 2.28. The summed E-state index contributed by atoms with van der Waals surface area (Å²) >= 11 is 0. The van der Waals surface area contributed by atoms with Crippen LogP contribution in [0.1, 0.15) is 64.6 Å². The topological polar surface area (TPSA) is 75.4 Å². The SMILES string of the molecule is CCCCCCC(=O)N(CCCC)CC(=O)Nc1cc(C)on1. The first-order valence-electron chi connectivity index (χ1n) is 8.57. The lowest BCUT2D eigenvalue weighted by molar-refractivity contribution is -0.134. The molecule has 0 spiro atoms. The fourth-order valence-corrected chi connectivity index (χ4v) is 2.28. The lowest BCUT2D eigenvalue weighted by atomic mass is 10.1. The van der Waals surface area contributed by atoms with Gasteiger partial charge in [0.15, 0.2) is 5.82 Å². The molecule has 1 rings (SSSR count). The Bertz CT molecular complexity index is 485. The Kier molecular flexibility index (Phi) is 9.02. The van der Waals surface area contributed by atoms with Crippen LogP contribution in [-0.2, 0) is 9.59 Å². The van der Waals surface area contributed by atoms with Crippen LogP contribution in [0.3, 0.4) is 0 Å². The zero-order valence-corrected chi connectivity index (χ0v) is 14.6. The maximum absolute atomic E-state index is 12.3. The second-order valence-electron chi connectivity index (χ2n) is 5.85. The van der Waals surface area contributed by atoms with Crippen molar-refractivity contribution in [2.75, 3.05) is 18.4 Å². The van der Waals surface area contributed by atoms with E-state index in [1.54, 1.807) is 17.9 Å². The van der Waals surface area contributed by atoms with Gasteiger partial charge in [-0.05, 0) is 19.8 Å². The highest BCUT2D eigenvalue weighted by atomic mass is 16.5. The van der Waals surface area contributed by atoms with Crippen molar-refractivity contribution in [1.82, 2.24) is 10.1 Å². The van der Waals surface area contributed by atoms with Crippen LogP contribution in [0.15, 0.2) is 10.6 Å². The van der Waals surface area contributed by atoms with Crippen LogP contribution in [-0.4, -0.2) is 35.0 Å². The smallest absolute Gasteiger partial charge is 0.245 e. The monoisotopic (exact) mass is 323 g/mol. The first-order valence-corrected chi connectivity index (χ1v) is 8.57. The van der Waals surface area contributed by atoms with Crippen LogP contribution in [0.4, 0.5) is 5.82 Å². The molecule has 6 heteroatoms. The Morgan fingerprint density at radius 1 is 1.17 bits per heavy atom. The molecule has 0 radical (unpaired) electrons. The van der Waals surface area contributed by atoms with Crippen molar-refractivity contribution >= 4 is 17.6 Å². The summed E-state index contributed by atoms with van der Waals surface area (Å²) in [4.78, 5) is 26.1. The lowest BCUT2D eigenvalue weighted by Gasteiger charge is -2.21. The Balaban J connectivity index is 2.48. The number of nitrogens with zero attached hydrogens (tertiary/aromatic N) is 2. The third-order valence-corrected chi connectivity index (χ3v) is 3.61. The Hall–Kier alpha value is -1.85. The molecule has 23 heavy (non-hydrogen) atoms. The average Bonchev–Trinajstić information content (AvgIpc) is 2.92. The van der Waals surface area contributed by atoms with Gasteiger partial charge in [0.1, 0.15) is 5.76 Å². The van der Waals surface area contributed by atoms with E-state index in [1.807, 2.05) is 0 Å². The van der Waals surface area contributed by atoms with E-state index < -0.39 is 0 Å². The standard InChI is InChI=1S/C17H29N3O3/c1-4-6-8-9-10-17(22)20(11-7-5-2)13-16(21)18-15-12-14(3)23-19-15/h12H,4-11,13H2,1-3H3,(H,18,19,21). The number of carbonyl (C=O) groups is 2. The number of anilines is 1. The van der Waals surface area contributed by atoms with Crippen molar-refractivity contribution in [2.24, 2.45) is 0 Å². The van der Waals surface area contributed by atoms with Crippen molar-refractivity contribution in [3.8, 4) is 0 Å². The number of aromatic nitrogens is 1.